The smallest absolute Gasteiger partial charge is 0.331 e. The van der Waals surface area contributed by atoms with Crippen LogP contribution in [0.5, 0.6) is 0 Å². The molecule has 1 atom stereocenters. The first kappa shape index (κ1) is 20.6. The number of pyridine rings is 1. The van der Waals surface area contributed by atoms with E-state index < -0.39 is 17.4 Å². The predicted molar refractivity (Wildman–Crippen MR) is 108 cm³/mol. The van der Waals surface area contributed by atoms with E-state index in [0.717, 1.165) is 0 Å². The summed E-state index contributed by atoms with van der Waals surface area (Å²) in [5.41, 5.74) is 0.342. The third kappa shape index (κ3) is 3.87. The Morgan fingerprint density at radius 1 is 1.38 bits per heavy atom. The van der Waals surface area contributed by atoms with Crippen LogP contribution in [0.25, 0.3) is 22.5 Å². The molecule has 0 radical (unpaired) electrons. The number of esters is 1. The molecule has 3 aromatic heterocycles. The lowest BCUT2D eigenvalue weighted by Gasteiger charge is -2.27. The number of amides is 1. The lowest BCUT2D eigenvalue weighted by molar-refractivity contribution is -0.147. The van der Waals surface area contributed by atoms with Gasteiger partial charge in [-0.05, 0) is 45.4 Å². The molecule has 0 aliphatic carbocycles. The summed E-state index contributed by atoms with van der Waals surface area (Å²) in [5, 5.41) is 7.86. The Bertz CT molecular complexity index is 1020. The number of ether oxygens (including phenoxy) is 1. The maximum Gasteiger partial charge on any atom is 0.331 e. The van der Waals surface area contributed by atoms with Crippen LogP contribution in [-0.4, -0.2) is 39.3 Å². The lowest BCUT2D eigenvalue weighted by Crippen LogP contribution is -2.52. The van der Waals surface area contributed by atoms with Gasteiger partial charge in [-0.25, -0.2) is 14.5 Å². The van der Waals surface area contributed by atoms with Crippen LogP contribution in [-0.2, 0) is 9.53 Å². The summed E-state index contributed by atoms with van der Waals surface area (Å²) in [4.78, 5) is 30.2. The molecular weight excluding hydrogens is 372 g/mol. The molecular formula is C21H26N4O4. The summed E-state index contributed by atoms with van der Waals surface area (Å²) in [7, 11) is 1.31. The van der Waals surface area contributed by atoms with Crippen molar-refractivity contribution in [3.05, 3.63) is 36.2 Å². The predicted octanol–water partition coefficient (Wildman–Crippen LogP) is 3.73. The summed E-state index contributed by atoms with van der Waals surface area (Å²) < 4.78 is 12.1. The molecule has 3 heterocycles. The highest BCUT2D eigenvalue weighted by Crippen LogP contribution is 2.27. The third-order valence-corrected chi connectivity index (χ3v) is 4.85. The normalized spacial score (nSPS) is 13.4. The van der Waals surface area contributed by atoms with E-state index in [1.54, 1.807) is 42.3 Å². The summed E-state index contributed by atoms with van der Waals surface area (Å²) >= 11 is 0. The molecule has 0 aromatic carbocycles. The molecule has 0 saturated heterocycles. The number of fused-ring (bicyclic) bond motifs is 1. The van der Waals surface area contributed by atoms with Crippen LogP contribution >= 0.6 is 0 Å². The molecule has 0 aliphatic heterocycles. The molecule has 29 heavy (non-hydrogen) atoms. The van der Waals surface area contributed by atoms with Crippen LogP contribution in [0, 0.1) is 0 Å². The van der Waals surface area contributed by atoms with Crippen LogP contribution in [0.4, 0.5) is 0 Å². The summed E-state index contributed by atoms with van der Waals surface area (Å²) in [5.74, 6) is -0.335. The van der Waals surface area contributed by atoms with Gasteiger partial charge in [0.15, 0.2) is 11.4 Å². The molecule has 3 rings (SSSR count). The Balaban J connectivity index is 2.12. The van der Waals surface area contributed by atoms with Crippen molar-refractivity contribution in [1.29, 1.82) is 0 Å². The van der Waals surface area contributed by atoms with E-state index in [2.05, 4.69) is 15.4 Å². The van der Waals surface area contributed by atoms with E-state index >= 15 is 0 Å². The highest BCUT2D eigenvalue weighted by Gasteiger charge is 2.36. The minimum absolute atomic E-state index is 0.0585. The fraction of sp³-hybridized carbons (Fsp3) is 0.429. The molecule has 1 amide bonds. The van der Waals surface area contributed by atoms with Crippen molar-refractivity contribution in [3.8, 4) is 11.5 Å². The zero-order valence-electron chi connectivity index (χ0n) is 17.4. The second-order valence-corrected chi connectivity index (χ2v) is 7.48. The molecule has 0 spiro atoms. The van der Waals surface area contributed by atoms with Crippen molar-refractivity contribution in [2.45, 2.75) is 52.1 Å². The van der Waals surface area contributed by atoms with Crippen molar-refractivity contribution >= 4 is 22.9 Å². The topological polar surface area (TPSA) is 99.3 Å². The molecule has 0 aliphatic rings. The van der Waals surface area contributed by atoms with E-state index in [-0.39, 0.29) is 6.04 Å². The molecule has 1 unspecified atom stereocenters. The Labute approximate surface area is 169 Å². The fourth-order valence-corrected chi connectivity index (χ4v) is 3.39. The van der Waals surface area contributed by atoms with E-state index in [1.165, 1.54) is 7.11 Å². The molecule has 1 N–H and O–H groups in total. The standard InChI is InChI=1S/C21H26N4O4/c1-6-9-21(4,20(27)28-5)24-19(26)14-11-16(17-8-7-10-29-17)23-18-15(14)12-22-25(18)13(2)3/h7-8,10-13H,6,9H2,1-5H3,(H,24,26). The van der Waals surface area contributed by atoms with Crippen LogP contribution in [0.2, 0.25) is 0 Å². The van der Waals surface area contributed by atoms with E-state index in [0.29, 0.717) is 40.9 Å². The molecule has 154 valence electrons. The van der Waals surface area contributed by atoms with E-state index in [4.69, 9.17) is 9.15 Å². The first-order valence-corrected chi connectivity index (χ1v) is 9.63. The summed E-state index contributed by atoms with van der Waals surface area (Å²) in [6, 6.07) is 5.26. The van der Waals surface area contributed by atoms with Gasteiger partial charge in [-0.15, -0.1) is 0 Å². The average molecular weight is 398 g/mol. The van der Waals surface area contributed by atoms with Crippen LogP contribution in [0.1, 0.15) is 56.9 Å². The van der Waals surface area contributed by atoms with Gasteiger partial charge in [0.2, 0.25) is 0 Å². The van der Waals surface area contributed by atoms with Gasteiger partial charge >= 0.3 is 5.97 Å². The van der Waals surface area contributed by atoms with E-state index in [9.17, 15) is 9.59 Å². The maximum atomic E-state index is 13.3. The number of methoxy groups -OCH3 is 1. The molecule has 8 heteroatoms. The van der Waals surface area contributed by atoms with Crippen LogP contribution in [0.15, 0.2) is 35.1 Å². The lowest BCUT2D eigenvalue weighted by atomic mass is 9.95. The number of carbonyl (C=O) groups is 2. The second kappa shape index (κ2) is 8.06. The Morgan fingerprint density at radius 2 is 2.14 bits per heavy atom. The van der Waals surface area contributed by atoms with Crippen LogP contribution in [0.3, 0.4) is 0 Å². The highest BCUT2D eigenvalue weighted by atomic mass is 16.5. The SMILES string of the molecule is CCCC(C)(NC(=O)c1cc(-c2ccco2)nc2c1cnn2C(C)C)C(=O)OC. The number of furan rings is 1. The Morgan fingerprint density at radius 3 is 2.72 bits per heavy atom. The largest absolute Gasteiger partial charge is 0.467 e. The number of aromatic nitrogens is 3. The van der Waals surface area contributed by atoms with Crippen molar-refractivity contribution < 1.29 is 18.7 Å². The summed E-state index contributed by atoms with van der Waals surface area (Å²) in [6.07, 6.45) is 4.34. The van der Waals surface area contributed by atoms with Crippen molar-refractivity contribution in [3.63, 3.8) is 0 Å². The Hall–Kier alpha value is -3.16. The fourth-order valence-electron chi connectivity index (χ4n) is 3.39. The quantitative estimate of drug-likeness (QED) is 0.609. The number of nitrogens with one attached hydrogen (secondary N) is 1. The molecule has 3 aromatic rings. The molecule has 0 bridgehead atoms. The molecule has 8 nitrogen and oxygen atoms in total. The van der Waals surface area contributed by atoms with Gasteiger partial charge in [0, 0.05) is 6.04 Å². The highest BCUT2D eigenvalue weighted by molar-refractivity contribution is 6.08. The van der Waals surface area contributed by atoms with Gasteiger partial charge in [0.05, 0.1) is 30.5 Å². The first-order valence-electron chi connectivity index (χ1n) is 9.63. The van der Waals surface area contributed by atoms with Crippen molar-refractivity contribution in [2.75, 3.05) is 7.11 Å². The van der Waals surface area contributed by atoms with E-state index in [1.807, 2.05) is 20.8 Å². The van der Waals surface area contributed by atoms with Gasteiger partial charge in [-0.3, -0.25) is 4.79 Å². The minimum atomic E-state index is -1.13. The monoisotopic (exact) mass is 398 g/mol. The zero-order valence-corrected chi connectivity index (χ0v) is 17.4. The van der Waals surface area contributed by atoms with Crippen molar-refractivity contribution in [1.82, 2.24) is 20.1 Å². The molecule has 0 saturated carbocycles. The average Bonchev–Trinajstić information content (AvgIpc) is 3.36. The molecule has 0 fully saturated rings. The maximum absolute atomic E-state index is 13.3. The van der Waals surface area contributed by atoms with Crippen molar-refractivity contribution in [2.24, 2.45) is 0 Å². The van der Waals surface area contributed by atoms with Gasteiger partial charge in [0.25, 0.3) is 5.91 Å². The van der Waals surface area contributed by atoms with Gasteiger partial charge < -0.3 is 14.5 Å². The number of hydrogen-bond donors (Lipinski definition) is 1. The second-order valence-electron chi connectivity index (χ2n) is 7.48. The number of rotatable bonds is 7. The zero-order chi connectivity index (χ0) is 21.2. The van der Waals surface area contributed by atoms with Gasteiger partial charge in [-0.2, -0.15) is 5.10 Å². The number of hydrogen-bond acceptors (Lipinski definition) is 6. The number of carbonyl (C=O) groups excluding carboxylic acids is 2. The first-order chi connectivity index (χ1) is 13.8. The third-order valence-electron chi connectivity index (χ3n) is 4.85. The minimum Gasteiger partial charge on any atom is -0.467 e. The Kier molecular flexibility index (Phi) is 5.72. The van der Waals surface area contributed by atoms with Crippen LogP contribution < -0.4 is 5.32 Å². The van der Waals surface area contributed by atoms with Gasteiger partial charge in [-0.1, -0.05) is 13.3 Å². The summed E-state index contributed by atoms with van der Waals surface area (Å²) in [6.45, 7) is 7.59. The van der Waals surface area contributed by atoms with Gasteiger partial charge in [0.1, 0.15) is 11.2 Å². The number of nitrogens with zero attached hydrogens (tertiary/aromatic N) is 3.